The molecule has 1 rings (SSSR count). The second-order valence-corrected chi connectivity index (χ2v) is 2.75. The van der Waals surface area contributed by atoms with E-state index >= 15 is 0 Å². The quantitative estimate of drug-likeness (QED) is 0.702. The van der Waals surface area contributed by atoms with E-state index in [0.29, 0.717) is 18.5 Å². The largest absolute Gasteiger partial charge is 0.366 e. The van der Waals surface area contributed by atoms with Gasteiger partial charge < -0.3 is 11.5 Å². The maximum Gasteiger partial charge on any atom is 0.248 e. The summed E-state index contributed by atoms with van der Waals surface area (Å²) < 4.78 is 0. The Kier molecular flexibility index (Phi) is 3.46. The molecule has 0 heterocycles. The standard InChI is InChI=1S/C10H13N2O/c11-7-3-5-8-4-1-2-6-9(8)10(12)13/h1-4,6H,5,7,11H2,(H2,12,13). The summed E-state index contributed by atoms with van der Waals surface area (Å²) in [6, 6.07) is 7.28. The van der Waals surface area contributed by atoms with Crippen LogP contribution in [0.5, 0.6) is 0 Å². The van der Waals surface area contributed by atoms with Gasteiger partial charge in [-0.3, -0.25) is 4.79 Å². The third-order valence-corrected chi connectivity index (χ3v) is 1.81. The summed E-state index contributed by atoms with van der Waals surface area (Å²) in [7, 11) is 0. The molecule has 0 aromatic heterocycles. The fourth-order valence-electron chi connectivity index (χ4n) is 1.18. The van der Waals surface area contributed by atoms with E-state index in [-0.39, 0.29) is 5.91 Å². The molecule has 1 aromatic rings. The van der Waals surface area contributed by atoms with Crippen molar-refractivity contribution in [3.05, 3.63) is 41.8 Å². The van der Waals surface area contributed by atoms with Gasteiger partial charge in [0.25, 0.3) is 0 Å². The predicted octanol–water partition coefficient (Wildman–Crippen LogP) is 0.491. The normalized spacial score (nSPS) is 9.92. The molecular weight excluding hydrogens is 164 g/mol. The maximum atomic E-state index is 11.0. The zero-order chi connectivity index (χ0) is 9.68. The van der Waals surface area contributed by atoms with Crippen molar-refractivity contribution in [3.8, 4) is 0 Å². The van der Waals surface area contributed by atoms with E-state index in [1.165, 1.54) is 0 Å². The van der Waals surface area contributed by atoms with Crippen LogP contribution in [-0.2, 0) is 6.42 Å². The van der Waals surface area contributed by atoms with Crippen molar-refractivity contribution in [2.24, 2.45) is 11.5 Å². The zero-order valence-corrected chi connectivity index (χ0v) is 7.36. The average Bonchev–Trinajstić information content (AvgIpc) is 2.15. The third kappa shape index (κ3) is 2.56. The maximum absolute atomic E-state index is 11.0. The van der Waals surface area contributed by atoms with Crippen LogP contribution in [0, 0.1) is 6.42 Å². The number of benzene rings is 1. The summed E-state index contributed by atoms with van der Waals surface area (Å²) in [5, 5.41) is 0. The predicted molar refractivity (Wildman–Crippen MR) is 52.0 cm³/mol. The minimum Gasteiger partial charge on any atom is -0.366 e. The van der Waals surface area contributed by atoms with Gasteiger partial charge in [0.15, 0.2) is 0 Å². The summed E-state index contributed by atoms with van der Waals surface area (Å²) in [6.45, 7) is 0.507. The van der Waals surface area contributed by atoms with Gasteiger partial charge in [-0.1, -0.05) is 18.2 Å². The molecule has 13 heavy (non-hydrogen) atoms. The third-order valence-electron chi connectivity index (χ3n) is 1.81. The van der Waals surface area contributed by atoms with Crippen LogP contribution in [0.4, 0.5) is 0 Å². The second kappa shape index (κ2) is 4.62. The van der Waals surface area contributed by atoms with Gasteiger partial charge >= 0.3 is 0 Å². The van der Waals surface area contributed by atoms with E-state index in [0.717, 1.165) is 5.56 Å². The molecule has 0 unspecified atom stereocenters. The Balaban J connectivity index is 2.84. The summed E-state index contributed by atoms with van der Waals surface area (Å²) >= 11 is 0. The first-order valence-corrected chi connectivity index (χ1v) is 4.15. The van der Waals surface area contributed by atoms with Crippen LogP contribution >= 0.6 is 0 Å². The lowest BCUT2D eigenvalue weighted by molar-refractivity contribution is 0.0999. The van der Waals surface area contributed by atoms with E-state index in [9.17, 15) is 4.79 Å². The van der Waals surface area contributed by atoms with Crippen molar-refractivity contribution >= 4 is 5.91 Å². The van der Waals surface area contributed by atoms with E-state index < -0.39 is 0 Å². The smallest absolute Gasteiger partial charge is 0.248 e. The molecule has 0 aliphatic carbocycles. The number of hydrogen-bond donors (Lipinski definition) is 2. The fraction of sp³-hybridized carbons (Fsp3) is 0.200. The van der Waals surface area contributed by atoms with Crippen molar-refractivity contribution in [3.63, 3.8) is 0 Å². The Hall–Kier alpha value is -1.35. The molecule has 0 spiro atoms. The summed E-state index contributed by atoms with van der Waals surface area (Å²) in [5.41, 5.74) is 12.0. The average molecular weight is 177 g/mol. The van der Waals surface area contributed by atoms with Crippen molar-refractivity contribution in [2.75, 3.05) is 6.54 Å². The fourth-order valence-corrected chi connectivity index (χ4v) is 1.18. The van der Waals surface area contributed by atoms with Gasteiger partial charge in [-0.15, -0.1) is 0 Å². The number of rotatable bonds is 4. The van der Waals surface area contributed by atoms with Crippen molar-refractivity contribution in [2.45, 2.75) is 6.42 Å². The monoisotopic (exact) mass is 177 g/mol. The van der Waals surface area contributed by atoms with E-state index in [1.807, 2.05) is 18.6 Å². The second-order valence-electron chi connectivity index (χ2n) is 2.75. The lowest BCUT2D eigenvalue weighted by Crippen LogP contribution is -2.14. The van der Waals surface area contributed by atoms with E-state index in [1.54, 1.807) is 12.1 Å². The van der Waals surface area contributed by atoms with Gasteiger partial charge in [0, 0.05) is 5.56 Å². The molecule has 3 heteroatoms. The molecule has 1 amide bonds. The van der Waals surface area contributed by atoms with Crippen LogP contribution in [0.25, 0.3) is 0 Å². The van der Waals surface area contributed by atoms with E-state index in [4.69, 9.17) is 11.5 Å². The van der Waals surface area contributed by atoms with Crippen molar-refractivity contribution in [1.29, 1.82) is 0 Å². The van der Waals surface area contributed by atoms with Crippen molar-refractivity contribution in [1.82, 2.24) is 0 Å². The van der Waals surface area contributed by atoms with Gasteiger partial charge in [0.2, 0.25) is 5.91 Å². The highest BCUT2D eigenvalue weighted by Gasteiger charge is 2.05. The summed E-state index contributed by atoms with van der Waals surface area (Å²) in [4.78, 5) is 11.0. The van der Waals surface area contributed by atoms with Crippen LogP contribution in [0.1, 0.15) is 15.9 Å². The Labute approximate surface area is 77.7 Å². The van der Waals surface area contributed by atoms with Crippen molar-refractivity contribution < 1.29 is 4.79 Å². The van der Waals surface area contributed by atoms with Gasteiger partial charge in [-0.05, 0) is 31.0 Å². The summed E-state index contributed by atoms with van der Waals surface area (Å²) in [5.74, 6) is -0.388. The van der Waals surface area contributed by atoms with Crippen LogP contribution in [-0.4, -0.2) is 12.5 Å². The Morgan fingerprint density at radius 3 is 2.69 bits per heavy atom. The molecule has 0 atom stereocenters. The molecule has 1 aromatic carbocycles. The Morgan fingerprint density at radius 1 is 1.38 bits per heavy atom. The van der Waals surface area contributed by atoms with Gasteiger partial charge in [0.05, 0.1) is 0 Å². The zero-order valence-electron chi connectivity index (χ0n) is 7.36. The lowest BCUT2D eigenvalue weighted by Gasteiger charge is -2.04. The molecule has 0 aliphatic heterocycles. The SMILES string of the molecule is NC[CH]Cc1ccccc1C(N)=O. The molecule has 0 aliphatic rings. The first-order valence-electron chi connectivity index (χ1n) is 4.15. The van der Waals surface area contributed by atoms with Crippen LogP contribution in [0.2, 0.25) is 0 Å². The molecular formula is C10H13N2O. The molecule has 0 bridgehead atoms. The van der Waals surface area contributed by atoms with Gasteiger partial charge in [-0.25, -0.2) is 0 Å². The summed E-state index contributed by atoms with van der Waals surface area (Å²) in [6.07, 6.45) is 2.59. The molecule has 0 saturated heterocycles. The van der Waals surface area contributed by atoms with Crippen LogP contribution < -0.4 is 11.5 Å². The first-order chi connectivity index (χ1) is 6.25. The number of carbonyl (C=O) groups is 1. The van der Waals surface area contributed by atoms with Gasteiger partial charge in [0.1, 0.15) is 0 Å². The molecule has 0 fully saturated rings. The highest BCUT2D eigenvalue weighted by molar-refractivity contribution is 5.94. The number of nitrogens with two attached hydrogens (primary N) is 2. The number of amides is 1. The molecule has 3 nitrogen and oxygen atoms in total. The molecule has 0 saturated carbocycles. The number of primary amides is 1. The Morgan fingerprint density at radius 2 is 2.08 bits per heavy atom. The first kappa shape index (κ1) is 9.74. The van der Waals surface area contributed by atoms with E-state index in [2.05, 4.69) is 0 Å². The number of hydrogen-bond acceptors (Lipinski definition) is 2. The topological polar surface area (TPSA) is 69.1 Å². The highest BCUT2D eigenvalue weighted by Crippen LogP contribution is 2.09. The molecule has 4 N–H and O–H groups in total. The number of carbonyl (C=O) groups excluding carboxylic acids is 1. The van der Waals surface area contributed by atoms with Crippen LogP contribution in [0.15, 0.2) is 24.3 Å². The van der Waals surface area contributed by atoms with Crippen LogP contribution in [0.3, 0.4) is 0 Å². The lowest BCUT2D eigenvalue weighted by atomic mass is 10.0. The molecule has 69 valence electrons. The minimum absolute atomic E-state index is 0.388. The van der Waals surface area contributed by atoms with Gasteiger partial charge in [-0.2, -0.15) is 0 Å². The molecule has 1 radical (unpaired) electrons. The highest BCUT2D eigenvalue weighted by atomic mass is 16.1. The Bertz CT molecular complexity index is 297. The minimum atomic E-state index is -0.388.